The molecule has 0 spiro atoms. The number of methoxy groups -OCH3 is 1. The Bertz CT molecular complexity index is 838. The van der Waals surface area contributed by atoms with Gasteiger partial charge in [-0.2, -0.15) is 0 Å². The molecule has 0 atom stereocenters. The van der Waals surface area contributed by atoms with Crippen LogP contribution in [-0.4, -0.2) is 52.5 Å². The number of nitrogens with zero attached hydrogens (tertiary/aromatic N) is 2. The van der Waals surface area contributed by atoms with Crippen LogP contribution < -0.4 is 20.3 Å². The van der Waals surface area contributed by atoms with Crippen LogP contribution in [0.1, 0.15) is 18.1 Å². The summed E-state index contributed by atoms with van der Waals surface area (Å²) in [7, 11) is 1.68. The second-order valence-corrected chi connectivity index (χ2v) is 7.07. The predicted octanol–water partition coefficient (Wildman–Crippen LogP) is 2.97. The lowest BCUT2D eigenvalue weighted by molar-refractivity contribution is 0.122. The molecule has 2 aromatic rings. The van der Waals surface area contributed by atoms with Gasteiger partial charge in [-0.3, -0.25) is 0 Å². The minimum absolute atomic E-state index is 0.210. The molecule has 7 heteroatoms. The zero-order chi connectivity index (χ0) is 21.2. The highest BCUT2D eigenvalue weighted by Gasteiger charge is 2.15. The molecule has 0 amide bonds. The molecule has 6 nitrogen and oxygen atoms in total. The van der Waals surface area contributed by atoms with Crippen molar-refractivity contribution in [3.05, 3.63) is 59.4 Å². The van der Waals surface area contributed by atoms with E-state index in [1.54, 1.807) is 13.2 Å². The second-order valence-electron chi connectivity index (χ2n) is 7.07. The minimum Gasteiger partial charge on any atom is -0.496 e. The number of rotatable bonds is 8. The zero-order valence-electron chi connectivity index (χ0n) is 17.8. The van der Waals surface area contributed by atoms with Crippen molar-refractivity contribution in [3.63, 3.8) is 0 Å². The maximum Gasteiger partial charge on any atom is 0.191 e. The van der Waals surface area contributed by atoms with Crippen LogP contribution in [0.4, 0.5) is 10.1 Å². The number of guanidine groups is 1. The first-order chi connectivity index (χ1) is 14.7. The van der Waals surface area contributed by atoms with Crippen LogP contribution in [0.2, 0.25) is 0 Å². The van der Waals surface area contributed by atoms with Crippen LogP contribution in [-0.2, 0) is 17.7 Å². The third-order valence-corrected chi connectivity index (χ3v) is 5.01. The number of para-hydroxylation sites is 1. The SMILES string of the molecule is CCNC(=NCc1ccc(N2CCOCC2)c(F)c1)NCCc1ccccc1OC. The van der Waals surface area contributed by atoms with Gasteiger partial charge in [0.15, 0.2) is 5.96 Å². The fourth-order valence-corrected chi connectivity index (χ4v) is 3.45. The van der Waals surface area contributed by atoms with Gasteiger partial charge in [-0.1, -0.05) is 24.3 Å². The van der Waals surface area contributed by atoms with Gasteiger partial charge < -0.3 is 25.0 Å². The Hall–Kier alpha value is -2.80. The molecular formula is C23H31FN4O2. The monoisotopic (exact) mass is 414 g/mol. The van der Waals surface area contributed by atoms with Gasteiger partial charge in [0.05, 0.1) is 32.6 Å². The minimum atomic E-state index is -0.210. The standard InChI is InChI=1S/C23H31FN4O2/c1-3-25-23(26-11-10-19-6-4-5-7-22(19)29-2)27-17-18-8-9-21(20(24)16-18)28-12-14-30-15-13-28/h4-9,16H,3,10-15,17H2,1-2H3,(H2,25,26,27). The van der Waals surface area contributed by atoms with E-state index in [9.17, 15) is 4.39 Å². The van der Waals surface area contributed by atoms with E-state index in [0.29, 0.717) is 31.4 Å². The smallest absolute Gasteiger partial charge is 0.191 e. The molecule has 0 radical (unpaired) electrons. The van der Waals surface area contributed by atoms with Crippen LogP contribution >= 0.6 is 0 Å². The number of anilines is 1. The quantitative estimate of drug-likeness (QED) is 0.514. The van der Waals surface area contributed by atoms with Crippen LogP contribution in [0, 0.1) is 5.82 Å². The summed E-state index contributed by atoms with van der Waals surface area (Å²) in [6.45, 7) is 6.61. The number of benzene rings is 2. The Balaban J connectivity index is 1.58. The van der Waals surface area contributed by atoms with E-state index in [4.69, 9.17) is 9.47 Å². The molecule has 0 saturated carbocycles. The summed E-state index contributed by atoms with van der Waals surface area (Å²) in [4.78, 5) is 6.63. The van der Waals surface area contributed by atoms with Crippen molar-refractivity contribution in [3.8, 4) is 5.75 Å². The maximum absolute atomic E-state index is 14.6. The van der Waals surface area contributed by atoms with Gasteiger partial charge in [0.1, 0.15) is 11.6 Å². The van der Waals surface area contributed by atoms with Gasteiger partial charge >= 0.3 is 0 Å². The van der Waals surface area contributed by atoms with Gasteiger partial charge in [-0.25, -0.2) is 9.38 Å². The average molecular weight is 415 g/mol. The third kappa shape index (κ3) is 6.10. The Morgan fingerprint density at radius 3 is 2.70 bits per heavy atom. The van der Waals surface area contributed by atoms with E-state index in [0.717, 1.165) is 49.5 Å². The Labute approximate surface area is 178 Å². The van der Waals surface area contributed by atoms with Crippen molar-refractivity contribution in [2.45, 2.75) is 19.9 Å². The Morgan fingerprint density at radius 1 is 1.17 bits per heavy atom. The van der Waals surface area contributed by atoms with E-state index in [-0.39, 0.29) is 5.82 Å². The lowest BCUT2D eigenvalue weighted by atomic mass is 10.1. The molecule has 0 aliphatic carbocycles. The van der Waals surface area contributed by atoms with E-state index in [1.165, 1.54) is 0 Å². The van der Waals surface area contributed by atoms with Gasteiger partial charge in [0.2, 0.25) is 0 Å². The highest BCUT2D eigenvalue weighted by molar-refractivity contribution is 5.79. The van der Waals surface area contributed by atoms with Crippen LogP contribution in [0.5, 0.6) is 5.75 Å². The number of halogens is 1. The molecule has 0 bridgehead atoms. The summed E-state index contributed by atoms with van der Waals surface area (Å²) in [6.07, 6.45) is 0.817. The topological polar surface area (TPSA) is 58.1 Å². The van der Waals surface area contributed by atoms with Crippen LogP contribution in [0.15, 0.2) is 47.5 Å². The van der Waals surface area contributed by atoms with Crippen molar-refractivity contribution in [2.75, 3.05) is 51.4 Å². The molecular weight excluding hydrogens is 383 g/mol. The number of aliphatic imine (C=N–C) groups is 1. The van der Waals surface area contributed by atoms with Gasteiger partial charge in [0, 0.05) is 26.2 Å². The molecule has 1 aliphatic heterocycles. The van der Waals surface area contributed by atoms with E-state index < -0.39 is 0 Å². The van der Waals surface area contributed by atoms with E-state index in [2.05, 4.69) is 21.7 Å². The van der Waals surface area contributed by atoms with Crippen LogP contribution in [0.25, 0.3) is 0 Å². The number of nitrogens with one attached hydrogen (secondary N) is 2. The summed E-state index contributed by atoms with van der Waals surface area (Å²) in [5.74, 6) is 1.39. The third-order valence-electron chi connectivity index (χ3n) is 5.01. The number of hydrogen-bond acceptors (Lipinski definition) is 4. The van der Waals surface area contributed by atoms with E-state index >= 15 is 0 Å². The first-order valence-corrected chi connectivity index (χ1v) is 10.5. The number of hydrogen-bond donors (Lipinski definition) is 2. The van der Waals surface area contributed by atoms with Crippen molar-refractivity contribution >= 4 is 11.6 Å². The summed E-state index contributed by atoms with van der Waals surface area (Å²) in [5, 5.41) is 6.57. The lowest BCUT2D eigenvalue weighted by Crippen LogP contribution is -2.38. The Kier molecular flexibility index (Phi) is 8.32. The van der Waals surface area contributed by atoms with Crippen LogP contribution in [0.3, 0.4) is 0 Å². The molecule has 2 N–H and O–H groups in total. The lowest BCUT2D eigenvalue weighted by Gasteiger charge is -2.29. The molecule has 1 fully saturated rings. The fraction of sp³-hybridized carbons (Fsp3) is 0.435. The molecule has 0 unspecified atom stereocenters. The van der Waals surface area contributed by atoms with Gasteiger partial charge in [-0.15, -0.1) is 0 Å². The van der Waals surface area contributed by atoms with Crippen molar-refractivity contribution in [1.29, 1.82) is 0 Å². The average Bonchev–Trinajstić information content (AvgIpc) is 2.78. The highest BCUT2D eigenvalue weighted by atomic mass is 19.1. The van der Waals surface area contributed by atoms with Crippen molar-refractivity contribution in [2.24, 2.45) is 4.99 Å². The van der Waals surface area contributed by atoms with Gasteiger partial charge in [0.25, 0.3) is 0 Å². The highest BCUT2D eigenvalue weighted by Crippen LogP contribution is 2.22. The molecule has 1 heterocycles. The second kappa shape index (κ2) is 11.4. The number of morpholine rings is 1. The summed E-state index contributed by atoms with van der Waals surface area (Å²) < 4.78 is 25.3. The van der Waals surface area contributed by atoms with Crippen molar-refractivity contribution in [1.82, 2.24) is 10.6 Å². The van der Waals surface area contributed by atoms with Gasteiger partial charge in [-0.05, 0) is 42.7 Å². The first-order valence-electron chi connectivity index (χ1n) is 10.5. The molecule has 162 valence electrons. The summed E-state index contributed by atoms with van der Waals surface area (Å²) in [6, 6.07) is 13.3. The summed E-state index contributed by atoms with van der Waals surface area (Å²) >= 11 is 0. The summed E-state index contributed by atoms with van der Waals surface area (Å²) in [5.41, 5.74) is 2.61. The largest absolute Gasteiger partial charge is 0.496 e. The van der Waals surface area contributed by atoms with E-state index in [1.807, 2.05) is 42.2 Å². The molecule has 2 aromatic carbocycles. The first kappa shape index (κ1) is 21.9. The number of ether oxygens (including phenoxy) is 2. The maximum atomic E-state index is 14.6. The normalized spacial score (nSPS) is 14.5. The molecule has 30 heavy (non-hydrogen) atoms. The molecule has 3 rings (SSSR count). The fourth-order valence-electron chi connectivity index (χ4n) is 3.45. The Morgan fingerprint density at radius 2 is 1.97 bits per heavy atom. The molecule has 1 saturated heterocycles. The molecule has 0 aromatic heterocycles. The van der Waals surface area contributed by atoms with Crippen molar-refractivity contribution < 1.29 is 13.9 Å². The zero-order valence-corrected chi connectivity index (χ0v) is 17.8. The predicted molar refractivity (Wildman–Crippen MR) is 119 cm³/mol. The molecule has 1 aliphatic rings.